The molecule has 0 aliphatic carbocycles. The largest absolute Gasteiger partial charge is 0.462 e. The molecule has 0 saturated carbocycles. The average molecular weight is 291 g/mol. The molecule has 2 atom stereocenters. The number of ether oxygens (including phenoxy) is 2. The predicted molar refractivity (Wildman–Crippen MR) is 83.0 cm³/mol. The van der Waals surface area contributed by atoms with Crippen molar-refractivity contribution in [3.8, 4) is 0 Å². The smallest absolute Gasteiger partial charge is 0.316 e. The summed E-state index contributed by atoms with van der Waals surface area (Å²) in [6, 6.07) is 7.38. The molecule has 1 aromatic rings. The Hall–Kier alpha value is -1.55. The van der Waals surface area contributed by atoms with Crippen LogP contribution >= 0.6 is 0 Å². The molecule has 1 saturated heterocycles. The van der Waals surface area contributed by atoms with Crippen LogP contribution in [0.5, 0.6) is 0 Å². The molecule has 1 aromatic carbocycles. The van der Waals surface area contributed by atoms with Gasteiger partial charge in [0.25, 0.3) is 0 Å². The van der Waals surface area contributed by atoms with Crippen molar-refractivity contribution in [2.45, 2.75) is 64.3 Å². The van der Waals surface area contributed by atoms with E-state index in [-0.39, 0.29) is 24.3 Å². The molecule has 1 fully saturated rings. The maximum atomic E-state index is 12.5. The number of benzene rings is 1. The Bertz CT molecular complexity index is 485. The minimum Gasteiger partial charge on any atom is -0.462 e. The van der Waals surface area contributed by atoms with Crippen LogP contribution in [0.15, 0.2) is 24.3 Å². The molecule has 1 aliphatic heterocycles. The zero-order valence-electron chi connectivity index (χ0n) is 13.3. The lowest BCUT2D eigenvalue weighted by Gasteiger charge is -2.34. The van der Waals surface area contributed by atoms with E-state index in [1.165, 1.54) is 0 Å². The first-order valence-electron chi connectivity index (χ1n) is 7.51. The molecule has 0 amide bonds. The summed E-state index contributed by atoms with van der Waals surface area (Å²) in [5, 5.41) is 0. The Morgan fingerprint density at radius 1 is 1.19 bits per heavy atom. The fourth-order valence-electron chi connectivity index (χ4n) is 2.76. The summed E-state index contributed by atoms with van der Waals surface area (Å²) in [6.07, 6.45) is 1.71. The van der Waals surface area contributed by atoms with Gasteiger partial charge in [0.05, 0.1) is 17.6 Å². The molecule has 0 bridgehead atoms. The number of hydrogen-bond donors (Lipinski definition) is 1. The van der Waals surface area contributed by atoms with Crippen molar-refractivity contribution in [3.05, 3.63) is 29.8 Å². The SMILES string of the molecule is CC1CC(OC(=O)C(C)(C)c2ccc(N)cc2)CC(C)O1. The fraction of sp³-hybridized carbons (Fsp3) is 0.588. The topological polar surface area (TPSA) is 61.5 Å². The van der Waals surface area contributed by atoms with Gasteiger partial charge in [0.2, 0.25) is 0 Å². The molecule has 1 heterocycles. The monoisotopic (exact) mass is 291 g/mol. The summed E-state index contributed by atoms with van der Waals surface area (Å²) in [6.45, 7) is 7.79. The molecule has 0 aromatic heterocycles. The fourth-order valence-corrected chi connectivity index (χ4v) is 2.76. The zero-order chi connectivity index (χ0) is 15.6. The average Bonchev–Trinajstić information content (AvgIpc) is 2.37. The van der Waals surface area contributed by atoms with E-state index in [1.807, 2.05) is 52.0 Å². The van der Waals surface area contributed by atoms with Crippen LogP contribution in [0.2, 0.25) is 0 Å². The number of nitrogens with two attached hydrogens (primary N) is 1. The van der Waals surface area contributed by atoms with Gasteiger partial charge in [-0.2, -0.15) is 0 Å². The van der Waals surface area contributed by atoms with Gasteiger partial charge in [-0.05, 0) is 45.4 Å². The first kappa shape index (κ1) is 15.8. The van der Waals surface area contributed by atoms with E-state index >= 15 is 0 Å². The van der Waals surface area contributed by atoms with Crippen LogP contribution in [-0.2, 0) is 19.7 Å². The predicted octanol–water partition coefficient (Wildman–Crippen LogP) is 3.05. The van der Waals surface area contributed by atoms with Gasteiger partial charge in [-0.15, -0.1) is 0 Å². The third-order valence-electron chi connectivity index (χ3n) is 4.07. The highest BCUT2D eigenvalue weighted by Gasteiger charge is 2.35. The van der Waals surface area contributed by atoms with Gasteiger partial charge in [-0.25, -0.2) is 0 Å². The standard InChI is InChI=1S/C17H25NO3/c1-11-9-15(10-12(2)20-11)21-16(19)17(3,4)13-5-7-14(18)8-6-13/h5-8,11-12,15H,9-10,18H2,1-4H3. The van der Waals surface area contributed by atoms with Crippen LogP contribution in [0, 0.1) is 0 Å². The second kappa shape index (κ2) is 6.06. The van der Waals surface area contributed by atoms with Gasteiger partial charge in [0, 0.05) is 18.5 Å². The summed E-state index contributed by atoms with van der Waals surface area (Å²) < 4.78 is 11.4. The highest BCUT2D eigenvalue weighted by molar-refractivity contribution is 5.82. The van der Waals surface area contributed by atoms with Crippen molar-refractivity contribution in [3.63, 3.8) is 0 Å². The summed E-state index contributed by atoms with van der Waals surface area (Å²) in [5.41, 5.74) is 6.62. The van der Waals surface area contributed by atoms with Crippen molar-refractivity contribution < 1.29 is 14.3 Å². The third-order valence-corrected chi connectivity index (χ3v) is 4.07. The number of carbonyl (C=O) groups excluding carboxylic acids is 1. The molecule has 1 aliphatic rings. The van der Waals surface area contributed by atoms with Crippen LogP contribution in [0.1, 0.15) is 46.1 Å². The van der Waals surface area contributed by atoms with Crippen LogP contribution in [-0.4, -0.2) is 24.3 Å². The van der Waals surface area contributed by atoms with Crippen molar-refractivity contribution in [1.82, 2.24) is 0 Å². The van der Waals surface area contributed by atoms with Gasteiger partial charge in [0.1, 0.15) is 6.10 Å². The van der Waals surface area contributed by atoms with Crippen molar-refractivity contribution in [2.24, 2.45) is 0 Å². The minimum atomic E-state index is -0.682. The van der Waals surface area contributed by atoms with E-state index < -0.39 is 5.41 Å². The lowest BCUT2D eigenvalue weighted by atomic mass is 9.84. The van der Waals surface area contributed by atoms with Gasteiger partial charge >= 0.3 is 5.97 Å². The van der Waals surface area contributed by atoms with Gasteiger partial charge in [-0.3, -0.25) is 4.79 Å². The summed E-state index contributed by atoms with van der Waals surface area (Å²) in [7, 11) is 0. The lowest BCUT2D eigenvalue weighted by molar-refractivity contribution is -0.165. The molecular weight excluding hydrogens is 266 g/mol. The maximum absolute atomic E-state index is 12.5. The van der Waals surface area contributed by atoms with Gasteiger partial charge in [0.15, 0.2) is 0 Å². The molecular formula is C17H25NO3. The molecule has 2 rings (SSSR count). The Kier molecular flexibility index (Phi) is 4.57. The molecule has 2 N–H and O–H groups in total. The summed E-state index contributed by atoms with van der Waals surface area (Å²) in [4.78, 5) is 12.5. The number of rotatable bonds is 3. The number of esters is 1. The van der Waals surface area contributed by atoms with Crippen LogP contribution in [0.4, 0.5) is 5.69 Å². The Labute approximate surface area is 126 Å². The van der Waals surface area contributed by atoms with E-state index in [1.54, 1.807) is 0 Å². The molecule has 116 valence electrons. The molecule has 4 heteroatoms. The van der Waals surface area contributed by atoms with Gasteiger partial charge in [-0.1, -0.05) is 12.1 Å². The second-order valence-electron chi connectivity index (χ2n) is 6.50. The Morgan fingerprint density at radius 3 is 2.24 bits per heavy atom. The summed E-state index contributed by atoms with van der Waals surface area (Å²) >= 11 is 0. The van der Waals surface area contributed by atoms with E-state index in [2.05, 4.69) is 0 Å². The Morgan fingerprint density at radius 2 is 1.71 bits per heavy atom. The second-order valence-corrected chi connectivity index (χ2v) is 6.50. The highest BCUT2D eigenvalue weighted by atomic mass is 16.6. The van der Waals surface area contributed by atoms with E-state index in [0.29, 0.717) is 5.69 Å². The normalized spacial score (nSPS) is 26.4. The van der Waals surface area contributed by atoms with Crippen molar-refractivity contribution >= 4 is 11.7 Å². The molecule has 0 radical (unpaired) electrons. The van der Waals surface area contributed by atoms with E-state index in [9.17, 15) is 4.79 Å². The van der Waals surface area contributed by atoms with E-state index in [4.69, 9.17) is 15.2 Å². The minimum absolute atomic E-state index is 0.0655. The van der Waals surface area contributed by atoms with Crippen molar-refractivity contribution in [1.29, 1.82) is 0 Å². The first-order chi connectivity index (χ1) is 9.79. The number of hydrogen-bond acceptors (Lipinski definition) is 4. The van der Waals surface area contributed by atoms with Crippen molar-refractivity contribution in [2.75, 3.05) is 5.73 Å². The van der Waals surface area contributed by atoms with Crippen LogP contribution in [0.3, 0.4) is 0 Å². The zero-order valence-corrected chi connectivity index (χ0v) is 13.3. The summed E-state index contributed by atoms with van der Waals surface area (Å²) in [5.74, 6) is -0.196. The number of nitrogen functional groups attached to an aromatic ring is 1. The lowest BCUT2D eigenvalue weighted by Crippen LogP contribution is -2.39. The number of carbonyl (C=O) groups is 1. The molecule has 2 unspecified atom stereocenters. The van der Waals surface area contributed by atoms with Crippen LogP contribution in [0.25, 0.3) is 0 Å². The first-order valence-corrected chi connectivity index (χ1v) is 7.51. The van der Waals surface area contributed by atoms with Gasteiger partial charge < -0.3 is 15.2 Å². The quantitative estimate of drug-likeness (QED) is 0.687. The Balaban J connectivity index is 2.06. The van der Waals surface area contributed by atoms with Crippen LogP contribution < -0.4 is 5.73 Å². The molecule has 4 nitrogen and oxygen atoms in total. The van der Waals surface area contributed by atoms with E-state index in [0.717, 1.165) is 18.4 Å². The number of anilines is 1. The third kappa shape index (κ3) is 3.76. The maximum Gasteiger partial charge on any atom is 0.316 e. The molecule has 21 heavy (non-hydrogen) atoms. The highest BCUT2D eigenvalue weighted by Crippen LogP contribution is 2.29. The molecule has 0 spiro atoms.